The first-order chi connectivity index (χ1) is 0. The van der Waals surface area contributed by atoms with Crippen molar-refractivity contribution in [1.82, 2.24) is 6.15 Å². The van der Waals surface area contributed by atoms with Gasteiger partial charge in [-0.1, -0.05) is 0 Å². The van der Waals surface area contributed by atoms with Crippen LogP contribution in [0.4, 0.5) is 0 Å². The van der Waals surface area contributed by atoms with Gasteiger partial charge in [0.2, 0.25) is 0 Å². The molecule has 0 spiro atoms. The third-order valence-electron chi connectivity index (χ3n) is 0. The Balaban J connectivity index is 0. The van der Waals surface area contributed by atoms with Crippen LogP contribution in [0.5, 0.6) is 0 Å². The van der Waals surface area contributed by atoms with Gasteiger partial charge >= 0.3 is 0 Å². The zero-order valence-electron chi connectivity index (χ0n) is 1.65. The average molecular weight is 118 g/mol. The predicted octanol–water partition coefficient (Wildman–Crippen LogP) is -2.12. The molecule has 0 amide bonds. The maximum atomic E-state index is 0. The van der Waals surface area contributed by atoms with Crippen molar-refractivity contribution in [2.75, 3.05) is 0 Å². The fourth-order valence-corrected chi connectivity index (χ4v) is 0. The molecule has 0 fully saturated rings. The maximum absolute atomic E-state index is 0. The van der Waals surface area contributed by atoms with E-state index in [2.05, 4.69) is 0 Å². The van der Waals surface area contributed by atoms with Gasteiger partial charge in [0.05, 0.1) is 0 Å². The molecule has 0 aliphatic rings. The monoisotopic (exact) mass is 118 g/mol. The van der Waals surface area contributed by atoms with Crippen LogP contribution in [0.1, 0.15) is 0 Å². The summed E-state index contributed by atoms with van der Waals surface area (Å²) in [4.78, 5) is 0. The number of hydrogen-bond acceptors (Lipinski definition) is 1. The molecule has 0 aliphatic heterocycles. The fraction of sp³-hybridized carbons (Fsp3) is 0. The van der Waals surface area contributed by atoms with Crippen LogP contribution in [0.2, 0.25) is 0 Å². The van der Waals surface area contributed by atoms with Crippen molar-refractivity contribution in [3.8, 4) is 0 Å². The SMILES string of the molecule is N.O.[SiH4].[V]. The van der Waals surface area contributed by atoms with Crippen molar-refractivity contribution in [1.29, 1.82) is 0 Å². The van der Waals surface area contributed by atoms with Gasteiger partial charge < -0.3 is 11.6 Å². The van der Waals surface area contributed by atoms with Gasteiger partial charge in [-0.05, 0) is 11.0 Å². The molecule has 4 heavy (non-hydrogen) atoms. The van der Waals surface area contributed by atoms with Crippen LogP contribution < -0.4 is 6.15 Å². The van der Waals surface area contributed by atoms with Gasteiger partial charge in [-0.3, -0.25) is 0 Å². The first-order valence-corrected chi connectivity index (χ1v) is 0. The molecule has 0 heterocycles. The van der Waals surface area contributed by atoms with E-state index >= 15 is 0 Å². The molecule has 0 unspecified atom stereocenters. The summed E-state index contributed by atoms with van der Waals surface area (Å²) in [5.74, 6) is 0. The van der Waals surface area contributed by atoms with Gasteiger partial charge in [0.15, 0.2) is 0 Å². The zero-order valence-corrected chi connectivity index (χ0v) is 3.05. The minimum atomic E-state index is 0. The van der Waals surface area contributed by atoms with Crippen LogP contribution in [0.3, 0.4) is 0 Å². The summed E-state index contributed by atoms with van der Waals surface area (Å²) in [6.45, 7) is 0. The maximum Gasteiger partial charge on any atom is 0 e. The van der Waals surface area contributed by atoms with Crippen molar-refractivity contribution >= 4 is 11.0 Å². The third-order valence-corrected chi connectivity index (χ3v) is 0. The molecule has 0 aromatic heterocycles. The summed E-state index contributed by atoms with van der Waals surface area (Å²) in [5, 5.41) is 0. The van der Waals surface area contributed by atoms with E-state index in [1.54, 1.807) is 0 Å². The van der Waals surface area contributed by atoms with E-state index in [1.807, 2.05) is 0 Å². The van der Waals surface area contributed by atoms with E-state index in [-0.39, 0.29) is 41.1 Å². The van der Waals surface area contributed by atoms with E-state index in [4.69, 9.17) is 0 Å². The molecule has 0 rings (SSSR count). The standard InChI is InChI=1S/H3N.H2O.H4Si.V/h1H3;1H2;1H4;. The number of hydrogen-bond donors (Lipinski definition) is 1. The Morgan fingerprint density at radius 1 is 1.00 bits per heavy atom. The Morgan fingerprint density at radius 3 is 1.00 bits per heavy atom. The van der Waals surface area contributed by atoms with Crippen LogP contribution >= 0.6 is 0 Å². The van der Waals surface area contributed by atoms with Crippen molar-refractivity contribution < 1.29 is 24.0 Å². The van der Waals surface area contributed by atoms with E-state index in [0.29, 0.717) is 0 Å². The van der Waals surface area contributed by atoms with Gasteiger partial charge in [0.25, 0.3) is 0 Å². The molecule has 0 aliphatic carbocycles. The molecule has 0 aromatic rings. The van der Waals surface area contributed by atoms with Crippen LogP contribution in [-0.4, -0.2) is 16.4 Å². The third kappa shape index (κ3) is 15.5. The second-order valence-corrected chi connectivity index (χ2v) is 0. The van der Waals surface area contributed by atoms with Gasteiger partial charge in [-0.2, -0.15) is 0 Å². The molecular formula is H9NOSiV. The van der Waals surface area contributed by atoms with Gasteiger partial charge in [0, 0.05) is 18.6 Å². The van der Waals surface area contributed by atoms with Crippen LogP contribution in [-0.2, 0) is 18.6 Å². The van der Waals surface area contributed by atoms with Gasteiger partial charge in [-0.25, -0.2) is 0 Å². The minimum Gasteiger partial charge on any atom is -0.412 e. The molecule has 0 bridgehead atoms. The Hall–Kier alpha value is 0.721. The molecule has 5 N–H and O–H groups in total. The van der Waals surface area contributed by atoms with Crippen LogP contribution in [0.25, 0.3) is 0 Å². The topological polar surface area (TPSA) is 66.5 Å². The summed E-state index contributed by atoms with van der Waals surface area (Å²) in [6.07, 6.45) is 0. The molecular weight excluding hydrogens is 109 g/mol. The first-order valence-electron chi connectivity index (χ1n) is 0. The summed E-state index contributed by atoms with van der Waals surface area (Å²) in [5.41, 5.74) is 0. The Labute approximate surface area is 41.8 Å². The summed E-state index contributed by atoms with van der Waals surface area (Å²) >= 11 is 0. The summed E-state index contributed by atoms with van der Waals surface area (Å²) in [7, 11) is 0. The second-order valence-electron chi connectivity index (χ2n) is 0. The Kier molecular flexibility index (Phi) is 1660. The van der Waals surface area contributed by atoms with Gasteiger partial charge in [-0.15, -0.1) is 0 Å². The smallest absolute Gasteiger partial charge is 0 e. The Morgan fingerprint density at radius 2 is 1.00 bits per heavy atom. The normalized spacial score (nSPS) is 0. The van der Waals surface area contributed by atoms with E-state index in [0.717, 1.165) is 0 Å². The molecule has 29 valence electrons. The molecule has 0 aromatic carbocycles. The predicted molar refractivity (Wildman–Crippen MR) is 20.0 cm³/mol. The van der Waals surface area contributed by atoms with Crippen LogP contribution in [0, 0.1) is 0 Å². The van der Waals surface area contributed by atoms with Crippen molar-refractivity contribution in [2.45, 2.75) is 0 Å². The molecule has 2 nitrogen and oxygen atoms in total. The van der Waals surface area contributed by atoms with E-state index in [9.17, 15) is 0 Å². The van der Waals surface area contributed by atoms with E-state index in [1.165, 1.54) is 0 Å². The van der Waals surface area contributed by atoms with E-state index < -0.39 is 0 Å². The molecule has 0 saturated carbocycles. The van der Waals surface area contributed by atoms with Crippen molar-refractivity contribution in [3.63, 3.8) is 0 Å². The molecule has 0 atom stereocenters. The Bertz CT molecular complexity index is 8.00. The largest absolute Gasteiger partial charge is 0.412 e. The van der Waals surface area contributed by atoms with Gasteiger partial charge in [0.1, 0.15) is 0 Å². The summed E-state index contributed by atoms with van der Waals surface area (Å²) < 4.78 is 0. The second kappa shape index (κ2) is 53.0. The fourth-order valence-electron chi connectivity index (χ4n) is 0. The number of rotatable bonds is 0. The average Bonchev–Trinajstić information content (AvgIpc) is 0. The van der Waals surface area contributed by atoms with Crippen molar-refractivity contribution in [3.05, 3.63) is 0 Å². The van der Waals surface area contributed by atoms with Crippen LogP contribution in [0.15, 0.2) is 0 Å². The summed E-state index contributed by atoms with van der Waals surface area (Å²) in [6, 6.07) is 0. The van der Waals surface area contributed by atoms with Crippen molar-refractivity contribution in [2.24, 2.45) is 0 Å². The first kappa shape index (κ1) is 126. The molecule has 1 radical (unpaired) electrons. The molecule has 0 saturated heterocycles. The zero-order chi connectivity index (χ0) is 0. The minimum absolute atomic E-state index is 0. The quantitative estimate of drug-likeness (QED) is 0.363. The molecule has 4 heteroatoms.